The Labute approximate surface area is 110 Å². The quantitative estimate of drug-likeness (QED) is 0.617. The van der Waals surface area contributed by atoms with Gasteiger partial charge in [0.2, 0.25) is 0 Å². The number of esters is 1. The Morgan fingerprint density at radius 1 is 1.35 bits per heavy atom. The molecule has 17 heavy (non-hydrogen) atoms. The molecule has 0 N–H and O–H groups in total. The maximum Gasteiger partial charge on any atom is 0.330 e. The highest BCUT2D eigenvalue weighted by Gasteiger charge is 2.02. The fraction of sp³-hybridized carbons (Fsp3) is 0.308. The number of halogens is 1. The Kier molecular flexibility index (Phi) is 5.77. The van der Waals surface area contributed by atoms with Crippen molar-refractivity contribution in [1.82, 2.24) is 0 Å². The Hall–Kier alpha value is -1.29. The molecule has 1 rings (SSSR count). The molecule has 0 spiro atoms. The van der Waals surface area contributed by atoms with Gasteiger partial charge in [-0.1, -0.05) is 15.9 Å². The van der Waals surface area contributed by atoms with E-state index in [9.17, 15) is 4.79 Å². The Bertz CT molecular complexity index is 413. The summed E-state index contributed by atoms with van der Waals surface area (Å²) < 4.78 is 11.2. The van der Waals surface area contributed by atoms with E-state index in [0.29, 0.717) is 13.2 Å². The van der Waals surface area contributed by atoms with E-state index in [2.05, 4.69) is 15.9 Å². The maximum atomic E-state index is 11.2. The van der Waals surface area contributed by atoms with Gasteiger partial charge in [-0.3, -0.25) is 0 Å². The van der Waals surface area contributed by atoms with E-state index in [-0.39, 0.29) is 5.97 Å². The van der Waals surface area contributed by atoms with Crippen molar-refractivity contribution in [2.24, 2.45) is 0 Å². The SMILES string of the molecule is CCOC(=O)/C=C/c1cc(Br)ccc1OCC. The summed E-state index contributed by atoms with van der Waals surface area (Å²) >= 11 is 3.38. The predicted octanol–water partition coefficient (Wildman–Crippen LogP) is 3.42. The van der Waals surface area contributed by atoms with Gasteiger partial charge in [0.25, 0.3) is 0 Å². The molecule has 0 saturated carbocycles. The zero-order valence-electron chi connectivity index (χ0n) is 9.90. The van der Waals surface area contributed by atoms with Gasteiger partial charge in [-0.05, 0) is 38.1 Å². The summed E-state index contributed by atoms with van der Waals surface area (Å²) in [5.41, 5.74) is 0.842. The highest BCUT2D eigenvalue weighted by molar-refractivity contribution is 9.10. The van der Waals surface area contributed by atoms with Gasteiger partial charge in [-0.15, -0.1) is 0 Å². The van der Waals surface area contributed by atoms with Gasteiger partial charge in [0.1, 0.15) is 5.75 Å². The van der Waals surface area contributed by atoms with Crippen molar-refractivity contribution < 1.29 is 14.3 Å². The number of hydrogen-bond acceptors (Lipinski definition) is 3. The molecule has 0 amide bonds. The van der Waals surface area contributed by atoms with Crippen molar-refractivity contribution in [3.8, 4) is 5.75 Å². The molecule has 0 fully saturated rings. The monoisotopic (exact) mass is 298 g/mol. The number of carbonyl (C=O) groups is 1. The first-order valence-electron chi connectivity index (χ1n) is 5.44. The Morgan fingerprint density at radius 3 is 2.76 bits per heavy atom. The number of rotatable bonds is 5. The minimum absolute atomic E-state index is 0.352. The maximum absolute atomic E-state index is 11.2. The molecule has 0 aromatic heterocycles. The summed E-state index contributed by atoms with van der Waals surface area (Å²) in [6, 6.07) is 5.64. The van der Waals surface area contributed by atoms with Gasteiger partial charge in [0.05, 0.1) is 13.2 Å². The fourth-order valence-electron chi connectivity index (χ4n) is 1.28. The first-order chi connectivity index (χ1) is 8.17. The third kappa shape index (κ3) is 4.61. The average Bonchev–Trinajstić information content (AvgIpc) is 2.30. The second-order valence-corrected chi connectivity index (χ2v) is 4.12. The summed E-state index contributed by atoms with van der Waals surface area (Å²) in [4.78, 5) is 11.2. The van der Waals surface area contributed by atoms with Crippen LogP contribution >= 0.6 is 15.9 Å². The molecule has 0 unspecified atom stereocenters. The Morgan fingerprint density at radius 2 is 2.12 bits per heavy atom. The van der Waals surface area contributed by atoms with Crippen molar-refractivity contribution in [3.05, 3.63) is 34.3 Å². The molecule has 3 nitrogen and oxygen atoms in total. The molecular weight excluding hydrogens is 284 g/mol. The normalized spacial score (nSPS) is 10.5. The van der Waals surface area contributed by atoms with Gasteiger partial charge in [-0.25, -0.2) is 4.79 Å². The summed E-state index contributed by atoms with van der Waals surface area (Å²) in [6.45, 7) is 4.65. The van der Waals surface area contributed by atoms with Crippen LogP contribution in [0.2, 0.25) is 0 Å². The van der Waals surface area contributed by atoms with Crippen LogP contribution in [-0.4, -0.2) is 19.2 Å². The molecule has 0 aliphatic rings. The lowest BCUT2D eigenvalue weighted by Gasteiger charge is -2.07. The smallest absolute Gasteiger partial charge is 0.330 e. The van der Waals surface area contributed by atoms with Crippen molar-refractivity contribution in [2.45, 2.75) is 13.8 Å². The van der Waals surface area contributed by atoms with Crippen LogP contribution in [0.4, 0.5) is 0 Å². The van der Waals surface area contributed by atoms with Crippen LogP contribution in [0.3, 0.4) is 0 Å². The molecule has 0 radical (unpaired) electrons. The van der Waals surface area contributed by atoms with Crippen LogP contribution < -0.4 is 4.74 Å². The summed E-state index contributed by atoms with van der Waals surface area (Å²) in [6.07, 6.45) is 3.08. The minimum atomic E-state index is -0.352. The van der Waals surface area contributed by atoms with Gasteiger partial charge in [0, 0.05) is 16.1 Å². The highest BCUT2D eigenvalue weighted by Crippen LogP contribution is 2.24. The lowest BCUT2D eigenvalue weighted by molar-refractivity contribution is -0.137. The number of hydrogen-bond donors (Lipinski definition) is 0. The van der Waals surface area contributed by atoms with Crippen molar-refractivity contribution in [3.63, 3.8) is 0 Å². The van der Waals surface area contributed by atoms with E-state index in [1.807, 2.05) is 25.1 Å². The molecule has 92 valence electrons. The van der Waals surface area contributed by atoms with E-state index < -0.39 is 0 Å². The van der Waals surface area contributed by atoms with Crippen LogP contribution in [0, 0.1) is 0 Å². The largest absolute Gasteiger partial charge is 0.493 e. The first kappa shape index (κ1) is 13.8. The highest BCUT2D eigenvalue weighted by atomic mass is 79.9. The van der Waals surface area contributed by atoms with Crippen LogP contribution in [0.25, 0.3) is 6.08 Å². The zero-order valence-corrected chi connectivity index (χ0v) is 11.5. The van der Waals surface area contributed by atoms with E-state index in [0.717, 1.165) is 15.8 Å². The second kappa shape index (κ2) is 7.12. The van der Waals surface area contributed by atoms with Crippen LogP contribution in [-0.2, 0) is 9.53 Å². The van der Waals surface area contributed by atoms with E-state index in [4.69, 9.17) is 9.47 Å². The predicted molar refractivity (Wildman–Crippen MR) is 71.0 cm³/mol. The molecular formula is C13H15BrO3. The molecule has 0 heterocycles. The molecule has 0 atom stereocenters. The molecule has 0 saturated heterocycles. The topological polar surface area (TPSA) is 35.5 Å². The van der Waals surface area contributed by atoms with Crippen LogP contribution in [0.5, 0.6) is 5.75 Å². The van der Waals surface area contributed by atoms with Crippen molar-refractivity contribution in [2.75, 3.05) is 13.2 Å². The number of carbonyl (C=O) groups excluding carboxylic acids is 1. The van der Waals surface area contributed by atoms with Crippen LogP contribution in [0.15, 0.2) is 28.7 Å². The van der Waals surface area contributed by atoms with E-state index in [1.165, 1.54) is 6.08 Å². The molecule has 0 aliphatic heterocycles. The lowest BCUT2D eigenvalue weighted by atomic mass is 10.2. The molecule has 0 aliphatic carbocycles. The standard InChI is InChI=1S/C13H15BrO3/c1-3-16-12-7-6-11(14)9-10(12)5-8-13(15)17-4-2/h5-9H,3-4H2,1-2H3/b8-5+. The van der Waals surface area contributed by atoms with Gasteiger partial charge >= 0.3 is 5.97 Å². The average molecular weight is 299 g/mol. The molecule has 1 aromatic rings. The summed E-state index contributed by atoms with van der Waals surface area (Å²) in [5.74, 6) is 0.395. The van der Waals surface area contributed by atoms with Gasteiger partial charge in [0.15, 0.2) is 0 Å². The van der Waals surface area contributed by atoms with Gasteiger partial charge < -0.3 is 9.47 Å². The summed E-state index contributed by atoms with van der Waals surface area (Å²) in [7, 11) is 0. The second-order valence-electron chi connectivity index (χ2n) is 3.20. The summed E-state index contributed by atoms with van der Waals surface area (Å²) in [5, 5.41) is 0. The van der Waals surface area contributed by atoms with Crippen LogP contribution in [0.1, 0.15) is 19.4 Å². The first-order valence-corrected chi connectivity index (χ1v) is 6.23. The molecule has 0 bridgehead atoms. The minimum Gasteiger partial charge on any atom is -0.493 e. The fourth-order valence-corrected chi connectivity index (χ4v) is 1.66. The van der Waals surface area contributed by atoms with Gasteiger partial charge in [-0.2, -0.15) is 0 Å². The van der Waals surface area contributed by atoms with Crippen molar-refractivity contribution >= 4 is 28.0 Å². The van der Waals surface area contributed by atoms with E-state index >= 15 is 0 Å². The third-order valence-corrected chi connectivity index (χ3v) is 2.45. The number of benzene rings is 1. The Balaban J connectivity index is 2.87. The zero-order chi connectivity index (χ0) is 12.7. The van der Waals surface area contributed by atoms with E-state index in [1.54, 1.807) is 13.0 Å². The van der Waals surface area contributed by atoms with Crippen molar-refractivity contribution in [1.29, 1.82) is 0 Å². The molecule has 4 heteroatoms. The number of ether oxygens (including phenoxy) is 2. The lowest BCUT2D eigenvalue weighted by Crippen LogP contribution is -1.99. The molecule has 1 aromatic carbocycles. The third-order valence-electron chi connectivity index (χ3n) is 1.96.